The Bertz CT molecular complexity index is 1680. The van der Waals surface area contributed by atoms with Crippen LogP contribution in [0.3, 0.4) is 0 Å². The van der Waals surface area contributed by atoms with Crippen molar-refractivity contribution >= 4 is 28.5 Å². The number of rotatable bonds is 8. The second-order valence-electron chi connectivity index (χ2n) is 9.09. The van der Waals surface area contributed by atoms with Crippen LogP contribution in [-0.4, -0.2) is 29.5 Å². The Balaban J connectivity index is 1.45. The van der Waals surface area contributed by atoms with Crippen LogP contribution >= 0.6 is 11.6 Å². The number of carboxylic acids is 1. The number of hydrogen-bond donors (Lipinski definition) is 1. The number of fused-ring (bicyclic) bond motifs is 2. The van der Waals surface area contributed by atoms with Crippen LogP contribution in [0.15, 0.2) is 84.9 Å². The largest absolute Gasteiger partial charge is 0.497 e. The van der Waals surface area contributed by atoms with Crippen LogP contribution in [0.2, 0.25) is 5.02 Å². The highest BCUT2D eigenvalue weighted by Gasteiger charge is 2.25. The van der Waals surface area contributed by atoms with Crippen molar-refractivity contribution in [1.29, 1.82) is 0 Å². The summed E-state index contributed by atoms with van der Waals surface area (Å²) in [5.74, 6) is 1.52. The van der Waals surface area contributed by atoms with E-state index in [9.17, 15) is 9.90 Å². The summed E-state index contributed by atoms with van der Waals surface area (Å²) in [7, 11) is 1.63. The van der Waals surface area contributed by atoms with E-state index in [1.54, 1.807) is 23.8 Å². The first-order chi connectivity index (χ1) is 19.0. The molecule has 0 saturated heterocycles. The first kappa shape index (κ1) is 24.7. The number of methoxy groups -OCH3 is 1. The lowest BCUT2D eigenvalue weighted by Crippen LogP contribution is -2.11. The van der Waals surface area contributed by atoms with Crippen molar-refractivity contribution in [1.82, 2.24) is 4.57 Å². The lowest BCUT2D eigenvalue weighted by atomic mass is 10.0. The number of halogens is 1. The van der Waals surface area contributed by atoms with Gasteiger partial charge in [-0.1, -0.05) is 54.1 Å². The maximum atomic E-state index is 12.8. The molecule has 0 unspecified atom stereocenters. The molecule has 4 aromatic carbocycles. The quantitative estimate of drug-likeness (QED) is 0.227. The van der Waals surface area contributed by atoms with Crippen molar-refractivity contribution in [2.75, 3.05) is 13.9 Å². The minimum Gasteiger partial charge on any atom is -0.497 e. The number of carboxylic acid groups (broad SMARTS) is 1. The van der Waals surface area contributed by atoms with E-state index in [1.165, 1.54) is 0 Å². The minimum atomic E-state index is -1.04. The average Bonchev–Trinajstić information content (AvgIpc) is 3.54. The third-order valence-corrected chi connectivity index (χ3v) is 7.09. The van der Waals surface area contributed by atoms with Crippen LogP contribution in [0.1, 0.15) is 21.6 Å². The fraction of sp³-hybridized carbons (Fsp3) is 0.129. The SMILES string of the molecule is COc1ccc(COc2ccc3c(c2)c(-c2ccccc2)c(C(=O)O)n3Cc2cc3c(cc2Cl)OCO3)cc1. The molecule has 2 heterocycles. The maximum absolute atomic E-state index is 12.8. The summed E-state index contributed by atoms with van der Waals surface area (Å²) in [5, 5.41) is 11.7. The molecule has 0 saturated carbocycles. The van der Waals surface area contributed by atoms with Gasteiger partial charge in [0.25, 0.3) is 0 Å². The van der Waals surface area contributed by atoms with E-state index >= 15 is 0 Å². The van der Waals surface area contributed by atoms with Gasteiger partial charge in [0.1, 0.15) is 23.8 Å². The van der Waals surface area contributed by atoms with E-state index in [4.69, 9.17) is 30.5 Å². The molecule has 1 aliphatic heterocycles. The summed E-state index contributed by atoms with van der Waals surface area (Å²) in [6.45, 7) is 0.710. The smallest absolute Gasteiger partial charge is 0.353 e. The Morgan fingerprint density at radius 2 is 1.67 bits per heavy atom. The molecule has 0 radical (unpaired) electrons. The molecule has 0 atom stereocenters. The van der Waals surface area contributed by atoms with Gasteiger partial charge in [-0.05, 0) is 53.1 Å². The normalized spacial score (nSPS) is 12.1. The molecular formula is C31H24ClNO6. The van der Waals surface area contributed by atoms with Gasteiger partial charge < -0.3 is 28.6 Å². The van der Waals surface area contributed by atoms with E-state index in [2.05, 4.69) is 0 Å². The van der Waals surface area contributed by atoms with Gasteiger partial charge in [0.15, 0.2) is 11.5 Å². The third kappa shape index (κ3) is 4.73. The van der Waals surface area contributed by atoms with Gasteiger partial charge in [0, 0.05) is 27.6 Å². The molecule has 5 aromatic rings. The zero-order chi connectivity index (χ0) is 26.9. The lowest BCUT2D eigenvalue weighted by Gasteiger charge is -2.12. The van der Waals surface area contributed by atoms with Gasteiger partial charge in [-0.3, -0.25) is 0 Å². The van der Waals surface area contributed by atoms with E-state index < -0.39 is 5.97 Å². The van der Waals surface area contributed by atoms with Crippen LogP contribution < -0.4 is 18.9 Å². The monoisotopic (exact) mass is 541 g/mol. The predicted molar refractivity (Wildman–Crippen MR) is 148 cm³/mol. The number of aromatic carboxylic acids is 1. The first-order valence-electron chi connectivity index (χ1n) is 12.3. The third-order valence-electron chi connectivity index (χ3n) is 6.73. The molecule has 0 bridgehead atoms. The Morgan fingerprint density at radius 3 is 2.38 bits per heavy atom. The molecule has 0 spiro atoms. The molecule has 8 heteroatoms. The van der Waals surface area contributed by atoms with Crippen molar-refractivity contribution in [3.05, 3.63) is 107 Å². The van der Waals surface area contributed by atoms with Crippen molar-refractivity contribution in [2.45, 2.75) is 13.2 Å². The van der Waals surface area contributed by atoms with Crippen LogP contribution in [0.4, 0.5) is 0 Å². The Morgan fingerprint density at radius 1 is 0.949 bits per heavy atom. The summed E-state index contributed by atoms with van der Waals surface area (Å²) in [6, 6.07) is 26.3. The van der Waals surface area contributed by atoms with E-state index in [0.29, 0.717) is 34.4 Å². The van der Waals surface area contributed by atoms with Crippen LogP contribution in [-0.2, 0) is 13.2 Å². The second kappa shape index (κ2) is 10.3. The molecule has 1 aromatic heterocycles. The first-order valence-corrected chi connectivity index (χ1v) is 12.7. The molecule has 196 valence electrons. The minimum absolute atomic E-state index is 0.124. The van der Waals surface area contributed by atoms with Crippen molar-refractivity contribution in [3.63, 3.8) is 0 Å². The second-order valence-corrected chi connectivity index (χ2v) is 9.50. The van der Waals surface area contributed by atoms with Crippen molar-refractivity contribution in [2.24, 2.45) is 0 Å². The zero-order valence-corrected chi connectivity index (χ0v) is 21.8. The highest BCUT2D eigenvalue weighted by Crippen LogP contribution is 2.40. The van der Waals surface area contributed by atoms with Crippen LogP contribution in [0, 0.1) is 0 Å². The Kier molecular flexibility index (Phi) is 6.50. The molecule has 0 amide bonds. The molecule has 39 heavy (non-hydrogen) atoms. The number of hydrogen-bond acceptors (Lipinski definition) is 5. The van der Waals surface area contributed by atoms with Crippen LogP contribution in [0.5, 0.6) is 23.0 Å². The number of ether oxygens (including phenoxy) is 4. The highest BCUT2D eigenvalue weighted by molar-refractivity contribution is 6.31. The number of benzene rings is 4. The summed E-state index contributed by atoms with van der Waals surface area (Å²) >= 11 is 6.58. The molecule has 0 aliphatic carbocycles. The fourth-order valence-electron chi connectivity index (χ4n) is 4.85. The Labute approximate surface area is 229 Å². The molecule has 1 N–H and O–H groups in total. The molecular weight excluding hydrogens is 518 g/mol. The number of aromatic nitrogens is 1. The summed E-state index contributed by atoms with van der Waals surface area (Å²) in [6.07, 6.45) is 0. The summed E-state index contributed by atoms with van der Waals surface area (Å²) < 4.78 is 24.1. The van der Waals surface area contributed by atoms with Gasteiger partial charge in [-0.15, -0.1) is 0 Å². The van der Waals surface area contributed by atoms with Gasteiger partial charge in [0.2, 0.25) is 6.79 Å². The van der Waals surface area contributed by atoms with E-state index in [0.717, 1.165) is 33.3 Å². The van der Waals surface area contributed by atoms with Gasteiger partial charge in [-0.2, -0.15) is 0 Å². The lowest BCUT2D eigenvalue weighted by molar-refractivity contribution is 0.0687. The van der Waals surface area contributed by atoms with Gasteiger partial charge in [-0.25, -0.2) is 4.79 Å². The summed E-state index contributed by atoms with van der Waals surface area (Å²) in [5.41, 5.74) is 4.03. The Hall–Kier alpha value is -4.62. The molecule has 0 fully saturated rings. The standard InChI is InChI=1S/C31H24ClNO6/c1-36-22-9-7-19(8-10-22)17-37-23-11-12-26-24(14-23)29(20-5-3-2-4-6-20)30(31(34)35)33(26)16-21-13-27-28(15-25(21)32)39-18-38-27/h2-15H,16-18H2,1H3,(H,34,35). The summed E-state index contributed by atoms with van der Waals surface area (Å²) in [4.78, 5) is 12.8. The van der Waals surface area contributed by atoms with E-state index in [-0.39, 0.29) is 19.0 Å². The van der Waals surface area contributed by atoms with Crippen LogP contribution in [0.25, 0.3) is 22.0 Å². The van der Waals surface area contributed by atoms with Crippen molar-refractivity contribution in [3.8, 4) is 34.1 Å². The number of carbonyl (C=O) groups is 1. The molecule has 1 aliphatic rings. The van der Waals surface area contributed by atoms with Crippen molar-refractivity contribution < 1.29 is 28.8 Å². The predicted octanol–water partition coefficient (Wildman–Crippen LogP) is 7.02. The van der Waals surface area contributed by atoms with E-state index in [1.807, 2.05) is 72.8 Å². The maximum Gasteiger partial charge on any atom is 0.353 e. The topological polar surface area (TPSA) is 79.2 Å². The fourth-order valence-corrected chi connectivity index (χ4v) is 5.06. The average molecular weight is 542 g/mol. The highest BCUT2D eigenvalue weighted by atomic mass is 35.5. The molecule has 7 nitrogen and oxygen atoms in total. The number of nitrogens with zero attached hydrogens (tertiary/aromatic N) is 1. The van der Waals surface area contributed by atoms with Gasteiger partial charge >= 0.3 is 5.97 Å². The van der Waals surface area contributed by atoms with Gasteiger partial charge in [0.05, 0.1) is 13.7 Å². The molecule has 6 rings (SSSR count). The zero-order valence-electron chi connectivity index (χ0n) is 21.0.